The second-order valence-corrected chi connectivity index (χ2v) is 9.79. The lowest BCUT2D eigenvalue weighted by Crippen LogP contribution is -2.54. The fourth-order valence-corrected chi connectivity index (χ4v) is 5.22. The number of sulfonamides is 1. The Bertz CT molecular complexity index is 725. The molecule has 1 unspecified atom stereocenters. The lowest BCUT2D eigenvalue weighted by molar-refractivity contribution is -0.128. The van der Waals surface area contributed by atoms with E-state index in [-0.39, 0.29) is 17.7 Å². The van der Waals surface area contributed by atoms with E-state index in [2.05, 4.69) is 31.0 Å². The second-order valence-electron chi connectivity index (χ2n) is 7.53. The zero-order valence-corrected chi connectivity index (χ0v) is 18.5. The average molecular weight is 410 g/mol. The number of amides is 1. The SMILES string of the molecule is CCN(CC)C(C)CNC(=O)C1(c2ccccc2)CCN(S(=O)(=O)CC)CC1. The molecule has 1 aliphatic heterocycles. The summed E-state index contributed by atoms with van der Waals surface area (Å²) in [6.45, 7) is 11.3. The minimum Gasteiger partial charge on any atom is -0.354 e. The maximum Gasteiger partial charge on any atom is 0.230 e. The highest BCUT2D eigenvalue weighted by molar-refractivity contribution is 7.89. The first kappa shape index (κ1) is 22.8. The van der Waals surface area contributed by atoms with Gasteiger partial charge in [0.1, 0.15) is 0 Å². The van der Waals surface area contributed by atoms with E-state index in [1.807, 2.05) is 30.3 Å². The number of hydrogen-bond acceptors (Lipinski definition) is 4. The number of nitrogens with one attached hydrogen (secondary N) is 1. The van der Waals surface area contributed by atoms with Crippen LogP contribution in [0.15, 0.2) is 30.3 Å². The van der Waals surface area contributed by atoms with Gasteiger partial charge in [0.05, 0.1) is 11.2 Å². The number of nitrogens with zero attached hydrogens (tertiary/aromatic N) is 2. The summed E-state index contributed by atoms with van der Waals surface area (Å²) in [5.41, 5.74) is 0.292. The second kappa shape index (κ2) is 9.85. The van der Waals surface area contributed by atoms with Gasteiger partial charge in [-0.1, -0.05) is 44.2 Å². The molecular weight excluding hydrogens is 374 g/mol. The van der Waals surface area contributed by atoms with E-state index >= 15 is 0 Å². The maximum atomic E-state index is 13.4. The third-order valence-electron chi connectivity index (χ3n) is 6.09. The molecule has 1 amide bonds. The van der Waals surface area contributed by atoms with Crippen molar-refractivity contribution in [1.82, 2.24) is 14.5 Å². The standard InChI is InChI=1S/C21H35N3O3S/c1-5-23(6-2)18(4)17-22-20(25)21(19-11-9-8-10-12-19)13-15-24(16-14-21)28(26,27)7-3/h8-12,18H,5-7,13-17H2,1-4H3,(H,22,25). The minimum atomic E-state index is -3.23. The third kappa shape index (κ3) is 4.93. The molecule has 1 N–H and O–H groups in total. The molecule has 1 saturated heterocycles. The summed E-state index contributed by atoms with van der Waals surface area (Å²) in [5, 5.41) is 3.16. The van der Waals surface area contributed by atoms with Gasteiger partial charge in [-0.15, -0.1) is 0 Å². The largest absolute Gasteiger partial charge is 0.354 e. The van der Waals surface area contributed by atoms with Gasteiger partial charge >= 0.3 is 0 Å². The number of rotatable bonds is 9. The molecule has 1 atom stereocenters. The van der Waals surface area contributed by atoms with E-state index in [0.717, 1.165) is 18.7 Å². The van der Waals surface area contributed by atoms with E-state index in [4.69, 9.17) is 0 Å². The molecule has 0 spiro atoms. The van der Waals surface area contributed by atoms with E-state index in [1.54, 1.807) is 6.92 Å². The van der Waals surface area contributed by atoms with Gasteiger partial charge in [-0.3, -0.25) is 9.69 Å². The molecule has 158 valence electrons. The van der Waals surface area contributed by atoms with Crippen LogP contribution in [0.5, 0.6) is 0 Å². The fourth-order valence-electron chi connectivity index (χ4n) is 4.12. The third-order valence-corrected chi connectivity index (χ3v) is 7.97. The molecule has 28 heavy (non-hydrogen) atoms. The number of likely N-dealkylation sites (N-methyl/N-ethyl adjacent to an activating group) is 1. The molecule has 0 aliphatic carbocycles. The van der Waals surface area contributed by atoms with Crippen LogP contribution >= 0.6 is 0 Å². The Morgan fingerprint density at radius 3 is 2.21 bits per heavy atom. The van der Waals surface area contributed by atoms with Crippen molar-refractivity contribution < 1.29 is 13.2 Å². The van der Waals surface area contributed by atoms with Crippen LogP contribution < -0.4 is 5.32 Å². The Labute approximate surface area is 170 Å². The molecule has 0 radical (unpaired) electrons. The highest BCUT2D eigenvalue weighted by Gasteiger charge is 2.44. The van der Waals surface area contributed by atoms with E-state index in [1.165, 1.54) is 4.31 Å². The van der Waals surface area contributed by atoms with Crippen LogP contribution in [0, 0.1) is 0 Å². The van der Waals surface area contributed by atoms with Crippen LogP contribution in [0.4, 0.5) is 0 Å². The molecule has 2 rings (SSSR count). The monoisotopic (exact) mass is 409 g/mol. The van der Waals surface area contributed by atoms with Gasteiger partial charge in [0, 0.05) is 25.7 Å². The number of carbonyl (C=O) groups excluding carboxylic acids is 1. The number of hydrogen-bond donors (Lipinski definition) is 1. The molecule has 1 heterocycles. The maximum absolute atomic E-state index is 13.4. The molecule has 0 bridgehead atoms. The topological polar surface area (TPSA) is 69.7 Å². The molecule has 1 aromatic rings. The molecule has 0 aromatic heterocycles. The van der Waals surface area contributed by atoms with Gasteiger partial charge < -0.3 is 5.32 Å². The van der Waals surface area contributed by atoms with Crippen molar-refractivity contribution in [3.8, 4) is 0 Å². The van der Waals surface area contributed by atoms with Gasteiger partial charge in [-0.2, -0.15) is 0 Å². The van der Waals surface area contributed by atoms with Gasteiger partial charge in [-0.25, -0.2) is 12.7 Å². The molecule has 1 aliphatic rings. The van der Waals surface area contributed by atoms with Crippen LogP contribution in [0.25, 0.3) is 0 Å². The molecule has 6 nitrogen and oxygen atoms in total. The highest BCUT2D eigenvalue weighted by Crippen LogP contribution is 2.36. The smallest absolute Gasteiger partial charge is 0.230 e. The van der Waals surface area contributed by atoms with Crippen molar-refractivity contribution in [3.05, 3.63) is 35.9 Å². The molecule has 1 fully saturated rings. The number of carbonyl (C=O) groups is 1. The highest BCUT2D eigenvalue weighted by atomic mass is 32.2. The van der Waals surface area contributed by atoms with Crippen molar-refractivity contribution in [2.45, 2.75) is 52.0 Å². The lowest BCUT2D eigenvalue weighted by Gasteiger charge is -2.41. The fraction of sp³-hybridized carbons (Fsp3) is 0.667. The van der Waals surface area contributed by atoms with Gasteiger partial charge in [-0.05, 0) is 45.3 Å². The summed E-state index contributed by atoms with van der Waals surface area (Å²) in [6.07, 6.45) is 1.00. The average Bonchev–Trinajstić information content (AvgIpc) is 2.73. The predicted octanol–water partition coefficient (Wildman–Crippen LogP) is 2.22. The first-order chi connectivity index (χ1) is 13.3. The predicted molar refractivity (Wildman–Crippen MR) is 114 cm³/mol. The van der Waals surface area contributed by atoms with Crippen molar-refractivity contribution in [1.29, 1.82) is 0 Å². The first-order valence-electron chi connectivity index (χ1n) is 10.4. The lowest BCUT2D eigenvalue weighted by atomic mass is 9.72. The number of benzene rings is 1. The number of piperidine rings is 1. The summed E-state index contributed by atoms with van der Waals surface area (Å²) in [4.78, 5) is 15.7. The summed E-state index contributed by atoms with van der Waals surface area (Å²) in [5.74, 6) is 0.102. The quantitative estimate of drug-likeness (QED) is 0.679. The van der Waals surface area contributed by atoms with Crippen LogP contribution in [-0.4, -0.2) is 68.0 Å². The summed E-state index contributed by atoms with van der Waals surface area (Å²) >= 11 is 0. The summed E-state index contributed by atoms with van der Waals surface area (Å²) in [7, 11) is -3.23. The van der Waals surface area contributed by atoms with E-state index < -0.39 is 15.4 Å². The summed E-state index contributed by atoms with van der Waals surface area (Å²) < 4.78 is 26.0. The van der Waals surface area contributed by atoms with E-state index in [9.17, 15) is 13.2 Å². The van der Waals surface area contributed by atoms with Crippen LogP contribution in [0.2, 0.25) is 0 Å². The van der Waals surface area contributed by atoms with Gasteiger partial charge in [0.2, 0.25) is 15.9 Å². The van der Waals surface area contributed by atoms with E-state index in [0.29, 0.717) is 32.5 Å². The molecular formula is C21H35N3O3S. The Balaban J connectivity index is 2.19. The Morgan fingerprint density at radius 2 is 1.71 bits per heavy atom. The molecule has 7 heteroatoms. The first-order valence-corrected chi connectivity index (χ1v) is 12.0. The molecule has 0 saturated carbocycles. The van der Waals surface area contributed by atoms with Crippen molar-refractivity contribution in [2.75, 3.05) is 38.5 Å². The van der Waals surface area contributed by atoms with Crippen LogP contribution in [0.1, 0.15) is 46.1 Å². The van der Waals surface area contributed by atoms with Gasteiger partial charge in [0.15, 0.2) is 0 Å². The summed E-state index contributed by atoms with van der Waals surface area (Å²) in [6, 6.07) is 10.0. The van der Waals surface area contributed by atoms with Crippen molar-refractivity contribution >= 4 is 15.9 Å². The Hall–Kier alpha value is -1.44. The van der Waals surface area contributed by atoms with Crippen LogP contribution in [0.3, 0.4) is 0 Å². The zero-order chi connectivity index (χ0) is 20.8. The van der Waals surface area contributed by atoms with Crippen LogP contribution in [-0.2, 0) is 20.2 Å². The normalized spacial score (nSPS) is 18.8. The molecule has 1 aromatic carbocycles. The zero-order valence-electron chi connectivity index (χ0n) is 17.6. The Kier molecular flexibility index (Phi) is 8.04. The Morgan fingerprint density at radius 1 is 1.14 bits per heavy atom. The van der Waals surface area contributed by atoms with Crippen molar-refractivity contribution in [2.24, 2.45) is 0 Å². The van der Waals surface area contributed by atoms with Gasteiger partial charge in [0.25, 0.3) is 0 Å². The minimum absolute atomic E-state index is 0.00579. The van der Waals surface area contributed by atoms with Crippen molar-refractivity contribution in [3.63, 3.8) is 0 Å².